The van der Waals surface area contributed by atoms with Gasteiger partial charge in [-0.25, -0.2) is 5.84 Å². The lowest BCUT2D eigenvalue weighted by Gasteiger charge is -2.34. The zero-order valence-corrected chi connectivity index (χ0v) is 12.4. The number of rotatable bonds is 3. The van der Waals surface area contributed by atoms with Crippen LogP contribution in [0.1, 0.15) is 5.56 Å². The number of hydrogen-bond donors (Lipinski definition) is 2. The van der Waals surface area contributed by atoms with Gasteiger partial charge in [0.25, 0.3) is 5.91 Å². The first-order valence-electron chi connectivity index (χ1n) is 7.29. The van der Waals surface area contributed by atoms with Gasteiger partial charge in [0, 0.05) is 0 Å². The molecule has 0 saturated heterocycles. The molecule has 3 rings (SSSR count). The fourth-order valence-corrected chi connectivity index (χ4v) is 2.57. The third-order valence-corrected chi connectivity index (χ3v) is 3.71. The van der Waals surface area contributed by atoms with E-state index in [2.05, 4.69) is 5.43 Å². The number of nitrogens with zero attached hydrogens (tertiary/aromatic N) is 1. The second kappa shape index (κ2) is 6.50. The van der Waals surface area contributed by atoms with Crippen LogP contribution in [-0.4, -0.2) is 24.5 Å². The summed E-state index contributed by atoms with van der Waals surface area (Å²) in [6.45, 7) is 0.131. The minimum atomic E-state index is -0.824. The number of hydrazine groups is 1. The van der Waals surface area contributed by atoms with Crippen LogP contribution in [-0.2, 0) is 16.0 Å². The van der Waals surface area contributed by atoms with Gasteiger partial charge in [-0.1, -0.05) is 42.5 Å². The van der Waals surface area contributed by atoms with E-state index in [1.165, 1.54) is 0 Å². The summed E-state index contributed by atoms with van der Waals surface area (Å²) in [6, 6.07) is 16.6. The average molecular weight is 311 g/mol. The van der Waals surface area contributed by atoms with Crippen molar-refractivity contribution in [3.63, 3.8) is 0 Å². The largest absolute Gasteiger partial charge is 0.476 e. The Kier molecular flexibility index (Phi) is 4.25. The van der Waals surface area contributed by atoms with E-state index in [0.717, 1.165) is 5.56 Å². The Balaban J connectivity index is 1.87. The summed E-state index contributed by atoms with van der Waals surface area (Å²) in [6.07, 6.45) is -0.568. The fraction of sp³-hybridized carbons (Fsp3) is 0.176. The lowest BCUT2D eigenvalue weighted by molar-refractivity contribution is -0.128. The first-order valence-corrected chi connectivity index (χ1v) is 7.29. The van der Waals surface area contributed by atoms with Crippen molar-refractivity contribution in [3.8, 4) is 5.75 Å². The number of fused-ring (bicyclic) bond motifs is 1. The van der Waals surface area contributed by atoms with E-state index in [1.807, 2.05) is 36.4 Å². The second-order valence-electron chi connectivity index (χ2n) is 5.25. The van der Waals surface area contributed by atoms with Crippen molar-refractivity contribution in [1.29, 1.82) is 0 Å². The first-order chi connectivity index (χ1) is 11.2. The highest BCUT2D eigenvalue weighted by atomic mass is 16.5. The lowest BCUT2D eigenvalue weighted by Crippen LogP contribution is -2.52. The Morgan fingerprint density at radius 3 is 2.57 bits per heavy atom. The van der Waals surface area contributed by atoms with Gasteiger partial charge in [-0.05, 0) is 17.7 Å². The molecule has 3 N–H and O–H groups in total. The molecule has 0 saturated carbocycles. The van der Waals surface area contributed by atoms with E-state index >= 15 is 0 Å². The van der Waals surface area contributed by atoms with Crippen molar-refractivity contribution in [2.75, 3.05) is 11.4 Å². The zero-order valence-electron chi connectivity index (χ0n) is 12.4. The number of ether oxygens (including phenoxy) is 1. The Labute approximate surface area is 133 Å². The van der Waals surface area contributed by atoms with Gasteiger partial charge in [-0.3, -0.25) is 15.0 Å². The van der Waals surface area contributed by atoms with E-state index in [-0.39, 0.29) is 18.9 Å². The Bertz CT molecular complexity index is 718. The van der Waals surface area contributed by atoms with E-state index < -0.39 is 12.0 Å². The van der Waals surface area contributed by atoms with Crippen LogP contribution in [0.5, 0.6) is 5.75 Å². The number of anilines is 1. The minimum absolute atomic E-state index is 0.0956. The SMILES string of the molecule is NNC(=O)[C@H]1CN(C(=O)Cc2ccccc2)c2ccccc2O1. The summed E-state index contributed by atoms with van der Waals surface area (Å²) in [5.41, 5.74) is 3.65. The standard InChI is InChI=1S/C17H17N3O3/c18-19-17(22)15-11-20(13-8-4-5-9-14(13)23-15)16(21)10-12-6-2-1-3-7-12/h1-9,15H,10-11,18H2,(H,19,22)/t15-/m1/s1. The molecule has 0 radical (unpaired) electrons. The highest BCUT2D eigenvalue weighted by Crippen LogP contribution is 2.33. The van der Waals surface area contributed by atoms with Crippen molar-refractivity contribution >= 4 is 17.5 Å². The number of benzene rings is 2. The molecule has 2 aromatic rings. The number of carbonyl (C=O) groups excluding carboxylic acids is 2. The Morgan fingerprint density at radius 2 is 1.83 bits per heavy atom. The molecule has 6 heteroatoms. The summed E-state index contributed by atoms with van der Waals surface area (Å²) < 4.78 is 5.63. The molecule has 0 bridgehead atoms. The summed E-state index contributed by atoms with van der Waals surface area (Å²) in [5.74, 6) is 5.12. The normalized spacial score (nSPS) is 16.2. The third-order valence-electron chi connectivity index (χ3n) is 3.71. The highest BCUT2D eigenvalue weighted by molar-refractivity contribution is 5.98. The minimum Gasteiger partial charge on any atom is -0.476 e. The van der Waals surface area contributed by atoms with Crippen molar-refractivity contribution in [2.24, 2.45) is 5.84 Å². The van der Waals surface area contributed by atoms with Crippen LogP contribution in [0.2, 0.25) is 0 Å². The van der Waals surface area contributed by atoms with Crippen molar-refractivity contribution in [1.82, 2.24) is 5.43 Å². The van der Waals surface area contributed by atoms with Crippen LogP contribution in [0.15, 0.2) is 54.6 Å². The lowest BCUT2D eigenvalue weighted by atomic mass is 10.1. The molecule has 1 atom stereocenters. The number of para-hydroxylation sites is 2. The van der Waals surface area contributed by atoms with Crippen molar-refractivity contribution in [3.05, 3.63) is 60.2 Å². The number of carbonyl (C=O) groups is 2. The molecule has 23 heavy (non-hydrogen) atoms. The quantitative estimate of drug-likeness (QED) is 0.503. The monoisotopic (exact) mass is 311 g/mol. The maximum absolute atomic E-state index is 12.7. The molecule has 0 spiro atoms. The van der Waals surface area contributed by atoms with Gasteiger partial charge < -0.3 is 9.64 Å². The van der Waals surface area contributed by atoms with Crippen LogP contribution in [0.4, 0.5) is 5.69 Å². The van der Waals surface area contributed by atoms with Crippen LogP contribution in [0, 0.1) is 0 Å². The van der Waals surface area contributed by atoms with Crippen LogP contribution >= 0.6 is 0 Å². The third kappa shape index (κ3) is 3.17. The molecule has 6 nitrogen and oxygen atoms in total. The number of nitrogens with one attached hydrogen (secondary N) is 1. The van der Waals surface area contributed by atoms with Crippen LogP contribution in [0.25, 0.3) is 0 Å². The molecule has 1 heterocycles. The molecule has 118 valence electrons. The van der Waals surface area contributed by atoms with Crippen molar-refractivity contribution < 1.29 is 14.3 Å². The Hall–Kier alpha value is -2.86. The average Bonchev–Trinajstić information content (AvgIpc) is 2.60. The smallest absolute Gasteiger partial charge is 0.276 e. The predicted octanol–water partition coefficient (Wildman–Crippen LogP) is 1.01. The summed E-state index contributed by atoms with van der Waals surface area (Å²) in [7, 11) is 0. The molecule has 2 amide bonds. The number of amides is 2. The molecule has 0 unspecified atom stereocenters. The van der Waals surface area contributed by atoms with Gasteiger partial charge >= 0.3 is 0 Å². The fourth-order valence-electron chi connectivity index (χ4n) is 2.57. The first kappa shape index (κ1) is 15.1. The molecule has 1 aliphatic heterocycles. The maximum Gasteiger partial charge on any atom is 0.276 e. The second-order valence-corrected chi connectivity index (χ2v) is 5.25. The molecule has 2 aromatic carbocycles. The summed E-state index contributed by atoms with van der Waals surface area (Å²) in [4.78, 5) is 26.1. The molecule has 0 fully saturated rings. The van der Waals surface area contributed by atoms with Crippen LogP contribution in [0.3, 0.4) is 0 Å². The van der Waals surface area contributed by atoms with Gasteiger partial charge in [-0.15, -0.1) is 0 Å². The van der Waals surface area contributed by atoms with Crippen LogP contribution < -0.4 is 20.9 Å². The van der Waals surface area contributed by atoms with Crippen molar-refractivity contribution in [2.45, 2.75) is 12.5 Å². The van der Waals surface area contributed by atoms with Gasteiger partial charge in [-0.2, -0.15) is 0 Å². The number of nitrogens with two attached hydrogens (primary N) is 1. The maximum atomic E-state index is 12.7. The zero-order chi connectivity index (χ0) is 16.2. The topological polar surface area (TPSA) is 84.7 Å². The summed E-state index contributed by atoms with van der Waals surface area (Å²) in [5, 5.41) is 0. The highest BCUT2D eigenvalue weighted by Gasteiger charge is 2.33. The van der Waals surface area contributed by atoms with Gasteiger partial charge in [0.05, 0.1) is 18.7 Å². The Morgan fingerprint density at radius 1 is 1.13 bits per heavy atom. The van der Waals surface area contributed by atoms with Gasteiger partial charge in [0.2, 0.25) is 5.91 Å². The molecular formula is C17H17N3O3. The van der Waals surface area contributed by atoms with E-state index in [1.54, 1.807) is 23.1 Å². The molecule has 0 aliphatic carbocycles. The molecule has 0 aromatic heterocycles. The van der Waals surface area contributed by atoms with E-state index in [9.17, 15) is 9.59 Å². The van der Waals surface area contributed by atoms with Gasteiger partial charge in [0.1, 0.15) is 5.75 Å². The molecule has 1 aliphatic rings. The summed E-state index contributed by atoms with van der Waals surface area (Å²) >= 11 is 0. The molecular weight excluding hydrogens is 294 g/mol. The van der Waals surface area contributed by atoms with E-state index in [0.29, 0.717) is 11.4 Å². The van der Waals surface area contributed by atoms with Gasteiger partial charge in [0.15, 0.2) is 6.10 Å². The number of hydrogen-bond acceptors (Lipinski definition) is 4. The predicted molar refractivity (Wildman–Crippen MR) is 85.7 cm³/mol. The van der Waals surface area contributed by atoms with E-state index in [4.69, 9.17) is 10.6 Å².